The van der Waals surface area contributed by atoms with Gasteiger partial charge in [0.2, 0.25) is 5.91 Å². The first-order valence-corrected chi connectivity index (χ1v) is 30.8. The van der Waals surface area contributed by atoms with Crippen molar-refractivity contribution in [2.75, 3.05) is 40.9 Å². The second-order valence-electron chi connectivity index (χ2n) is 21.3. The Morgan fingerprint density at radius 3 is 1.19 bits per heavy atom. The van der Waals surface area contributed by atoms with Crippen LogP contribution in [0.15, 0.2) is 36.5 Å². The van der Waals surface area contributed by atoms with Crippen LogP contribution in [-0.2, 0) is 18.4 Å². The van der Waals surface area contributed by atoms with Crippen molar-refractivity contribution < 1.29 is 32.9 Å². The average molecular weight is 980 g/mol. The fourth-order valence-electron chi connectivity index (χ4n) is 8.72. The highest BCUT2D eigenvalue weighted by atomic mass is 31.2. The molecule has 0 radical (unpaired) electrons. The van der Waals surface area contributed by atoms with Crippen molar-refractivity contribution in [3.63, 3.8) is 0 Å². The molecular formula is C59H115N2O6P. The van der Waals surface area contributed by atoms with Crippen LogP contribution in [0.4, 0.5) is 0 Å². The van der Waals surface area contributed by atoms with Gasteiger partial charge in [0.1, 0.15) is 13.2 Å². The number of phosphoric ester groups is 1. The standard InChI is InChI=1S/C59H115N2O6P/c1-6-8-10-12-14-16-18-20-22-24-26-27-28-29-30-31-32-33-35-37-39-41-43-45-47-49-51-53-59(63)60-57(56-67-68(64,65)66-55-54-61(3,4)5)58(62)52-50-48-46-44-42-40-38-36-34-25-23-21-19-17-15-13-11-9-7-2/h34,36,42,44,50,52,57-58,62H,6-33,35,37-41,43,45-49,51,53-56H2,1-5H3,(H-,60,63,64,65)/b36-34+,44-42+,52-50+. The largest absolute Gasteiger partial charge is 0.756 e. The van der Waals surface area contributed by atoms with Crippen LogP contribution in [0.5, 0.6) is 0 Å². The van der Waals surface area contributed by atoms with E-state index in [9.17, 15) is 19.4 Å². The molecule has 0 saturated heterocycles. The molecule has 0 rings (SSSR count). The third-order valence-corrected chi connectivity index (χ3v) is 14.3. The van der Waals surface area contributed by atoms with Gasteiger partial charge in [-0.1, -0.05) is 269 Å². The Kier molecular flexibility index (Phi) is 49.7. The maximum atomic E-state index is 13.0. The number of aliphatic hydroxyl groups is 1. The molecule has 0 saturated carbocycles. The Balaban J connectivity index is 4.19. The number of allylic oxidation sites excluding steroid dienone is 5. The van der Waals surface area contributed by atoms with E-state index in [1.807, 2.05) is 27.2 Å². The van der Waals surface area contributed by atoms with Crippen LogP contribution < -0.4 is 10.2 Å². The fraction of sp³-hybridized carbons (Fsp3) is 0.881. The topological polar surface area (TPSA) is 108 Å². The highest BCUT2D eigenvalue weighted by Crippen LogP contribution is 2.38. The summed E-state index contributed by atoms with van der Waals surface area (Å²) < 4.78 is 23.3. The summed E-state index contributed by atoms with van der Waals surface area (Å²) in [7, 11) is 1.25. The zero-order valence-electron chi connectivity index (χ0n) is 45.8. The quantitative estimate of drug-likeness (QED) is 0.0272. The number of hydrogen-bond donors (Lipinski definition) is 2. The average Bonchev–Trinajstić information content (AvgIpc) is 3.30. The lowest BCUT2D eigenvalue weighted by molar-refractivity contribution is -0.870. The monoisotopic (exact) mass is 979 g/mol. The van der Waals surface area contributed by atoms with E-state index in [1.54, 1.807) is 6.08 Å². The smallest absolute Gasteiger partial charge is 0.268 e. The molecule has 0 aliphatic rings. The first kappa shape index (κ1) is 66.7. The molecule has 0 aromatic heterocycles. The van der Waals surface area contributed by atoms with Gasteiger partial charge < -0.3 is 28.8 Å². The molecule has 0 spiro atoms. The van der Waals surface area contributed by atoms with Gasteiger partial charge in [0, 0.05) is 6.42 Å². The van der Waals surface area contributed by atoms with Gasteiger partial charge in [-0.3, -0.25) is 9.36 Å². The maximum absolute atomic E-state index is 13.0. The molecule has 0 aromatic rings. The molecule has 3 unspecified atom stereocenters. The molecule has 0 fully saturated rings. The first-order chi connectivity index (χ1) is 33.0. The Morgan fingerprint density at radius 2 is 0.824 bits per heavy atom. The number of carbonyl (C=O) groups excluding carboxylic acids is 1. The van der Waals surface area contributed by atoms with Gasteiger partial charge in [-0.05, 0) is 44.9 Å². The number of quaternary nitrogens is 1. The number of nitrogens with zero attached hydrogens (tertiary/aromatic N) is 1. The summed E-state index contributed by atoms with van der Waals surface area (Å²) in [5.41, 5.74) is 0. The summed E-state index contributed by atoms with van der Waals surface area (Å²) in [5.74, 6) is -0.206. The number of likely N-dealkylation sites (N-methyl/N-ethyl adjacent to an activating group) is 1. The zero-order chi connectivity index (χ0) is 49.9. The van der Waals surface area contributed by atoms with E-state index in [1.165, 1.54) is 218 Å². The second kappa shape index (κ2) is 50.7. The Hall–Kier alpha value is -1.28. The normalized spacial score (nSPS) is 14.2. The number of phosphoric acid groups is 1. The second-order valence-corrected chi connectivity index (χ2v) is 22.8. The highest BCUT2D eigenvalue weighted by Gasteiger charge is 2.23. The van der Waals surface area contributed by atoms with E-state index < -0.39 is 26.6 Å². The fourth-order valence-corrected chi connectivity index (χ4v) is 9.44. The zero-order valence-corrected chi connectivity index (χ0v) is 46.7. The van der Waals surface area contributed by atoms with Crippen molar-refractivity contribution in [1.82, 2.24) is 5.32 Å². The number of rotatable bonds is 54. The van der Waals surface area contributed by atoms with Crippen LogP contribution in [0, 0.1) is 0 Å². The lowest BCUT2D eigenvalue weighted by atomic mass is 10.0. The van der Waals surface area contributed by atoms with Gasteiger partial charge in [-0.15, -0.1) is 0 Å². The molecule has 8 nitrogen and oxygen atoms in total. The molecule has 0 bridgehead atoms. The van der Waals surface area contributed by atoms with E-state index in [0.717, 1.165) is 44.9 Å². The summed E-state index contributed by atoms with van der Waals surface area (Å²) in [4.78, 5) is 25.5. The number of nitrogens with one attached hydrogen (secondary N) is 1. The van der Waals surface area contributed by atoms with Crippen LogP contribution in [-0.4, -0.2) is 68.5 Å². The minimum Gasteiger partial charge on any atom is -0.756 e. The van der Waals surface area contributed by atoms with E-state index >= 15 is 0 Å². The van der Waals surface area contributed by atoms with Crippen molar-refractivity contribution in [3.05, 3.63) is 36.5 Å². The molecule has 1 amide bonds. The molecule has 0 heterocycles. The van der Waals surface area contributed by atoms with Gasteiger partial charge in [0.15, 0.2) is 0 Å². The van der Waals surface area contributed by atoms with Gasteiger partial charge in [-0.25, -0.2) is 0 Å². The van der Waals surface area contributed by atoms with Crippen LogP contribution in [0.1, 0.15) is 284 Å². The van der Waals surface area contributed by atoms with Crippen molar-refractivity contribution in [1.29, 1.82) is 0 Å². The molecule has 0 aromatic carbocycles. The molecule has 0 aliphatic heterocycles. The van der Waals surface area contributed by atoms with Gasteiger partial charge in [0.05, 0.1) is 39.9 Å². The lowest BCUT2D eigenvalue weighted by Gasteiger charge is -2.29. The van der Waals surface area contributed by atoms with E-state index in [-0.39, 0.29) is 12.5 Å². The third-order valence-electron chi connectivity index (χ3n) is 13.3. The highest BCUT2D eigenvalue weighted by molar-refractivity contribution is 7.45. The van der Waals surface area contributed by atoms with Crippen molar-refractivity contribution >= 4 is 13.7 Å². The van der Waals surface area contributed by atoms with Gasteiger partial charge >= 0.3 is 0 Å². The van der Waals surface area contributed by atoms with Crippen molar-refractivity contribution in [2.45, 2.75) is 296 Å². The molecule has 0 aliphatic carbocycles. The van der Waals surface area contributed by atoms with Crippen LogP contribution >= 0.6 is 7.82 Å². The Bertz CT molecular complexity index is 1200. The molecule has 68 heavy (non-hydrogen) atoms. The predicted octanol–water partition coefficient (Wildman–Crippen LogP) is 17.1. The first-order valence-electron chi connectivity index (χ1n) is 29.4. The van der Waals surface area contributed by atoms with Gasteiger partial charge in [-0.2, -0.15) is 0 Å². The minimum atomic E-state index is -4.61. The van der Waals surface area contributed by atoms with Crippen LogP contribution in [0.25, 0.3) is 0 Å². The maximum Gasteiger partial charge on any atom is 0.268 e. The summed E-state index contributed by atoms with van der Waals surface area (Å²) in [5, 5.41) is 13.9. The number of unbranched alkanes of at least 4 members (excludes halogenated alkanes) is 37. The van der Waals surface area contributed by atoms with E-state index in [0.29, 0.717) is 17.4 Å². The number of hydrogen-bond acceptors (Lipinski definition) is 6. The lowest BCUT2D eigenvalue weighted by Crippen LogP contribution is -2.45. The van der Waals surface area contributed by atoms with Gasteiger partial charge in [0.25, 0.3) is 7.82 Å². The van der Waals surface area contributed by atoms with Crippen LogP contribution in [0.2, 0.25) is 0 Å². The van der Waals surface area contributed by atoms with Crippen molar-refractivity contribution in [3.8, 4) is 0 Å². The number of carbonyl (C=O) groups is 1. The Labute approximate surface area is 423 Å². The third kappa shape index (κ3) is 52.5. The molecular weight excluding hydrogens is 864 g/mol. The summed E-state index contributed by atoms with van der Waals surface area (Å²) in [6.45, 7) is 4.65. The van der Waals surface area contributed by atoms with Crippen molar-refractivity contribution in [2.24, 2.45) is 0 Å². The molecule has 402 valence electrons. The molecule has 3 atom stereocenters. The summed E-state index contributed by atoms with van der Waals surface area (Å²) in [6.07, 6.45) is 65.2. The molecule has 9 heteroatoms. The van der Waals surface area contributed by atoms with Crippen LogP contribution in [0.3, 0.4) is 0 Å². The molecule has 2 N–H and O–H groups in total. The van der Waals surface area contributed by atoms with E-state index in [4.69, 9.17) is 9.05 Å². The number of amides is 1. The SMILES string of the molecule is CCCCCCCCCCC/C=C/CC/C=C/CC/C=C/C(O)C(COP(=O)([O-])OCC[N+](C)(C)C)NC(=O)CCCCCCCCCCCCCCCCCCCCCCCCCCCCC. The number of aliphatic hydroxyl groups excluding tert-OH is 1. The predicted molar refractivity (Wildman–Crippen MR) is 293 cm³/mol. The summed E-state index contributed by atoms with van der Waals surface area (Å²) in [6, 6.07) is -0.908. The summed E-state index contributed by atoms with van der Waals surface area (Å²) >= 11 is 0. The minimum absolute atomic E-state index is 0.00739. The van der Waals surface area contributed by atoms with E-state index in [2.05, 4.69) is 43.5 Å². The Morgan fingerprint density at radius 1 is 0.500 bits per heavy atom.